The molecule has 0 unspecified atom stereocenters. The van der Waals surface area contributed by atoms with Crippen molar-refractivity contribution in [2.24, 2.45) is 0 Å². The van der Waals surface area contributed by atoms with Gasteiger partial charge in [0.1, 0.15) is 0 Å². The number of carbonyl (C=O) groups is 3. The summed E-state index contributed by atoms with van der Waals surface area (Å²) in [5.74, 6) is -3.01. The maximum absolute atomic E-state index is 12.6. The SMILES string of the molecule is O=C(O)c1cccc(S(=O)(=O)c2ccc3c(c2)C(=O)OC3=O)c1. The van der Waals surface area contributed by atoms with Crippen molar-refractivity contribution in [2.75, 3.05) is 0 Å². The number of cyclic esters (lactones) is 2. The third-order valence-corrected chi connectivity index (χ3v) is 5.07. The van der Waals surface area contributed by atoms with Crippen molar-refractivity contribution < 1.29 is 32.6 Å². The van der Waals surface area contributed by atoms with Crippen molar-refractivity contribution in [2.45, 2.75) is 9.79 Å². The van der Waals surface area contributed by atoms with Crippen molar-refractivity contribution in [3.63, 3.8) is 0 Å². The molecule has 1 heterocycles. The third-order valence-electron chi connectivity index (χ3n) is 3.32. The summed E-state index contributed by atoms with van der Waals surface area (Å²) in [7, 11) is -4.04. The highest BCUT2D eigenvalue weighted by Gasteiger charge is 2.31. The van der Waals surface area contributed by atoms with Gasteiger partial charge in [-0.1, -0.05) is 6.07 Å². The number of sulfone groups is 1. The third kappa shape index (κ3) is 2.38. The lowest BCUT2D eigenvalue weighted by atomic mass is 10.1. The fraction of sp³-hybridized carbons (Fsp3) is 0. The Morgan fingerprint density at radius 1 is 0.913 bits per heavy atom. The number of hydrogen-bond acceptors (Lipinski definition) is 6. The molecule has 1 aliphatic rings. The molecule has 3 rings (SSSR count). The maximum Gasteiger partial charge on any atom is 0.346 e. The molecule has 8 heteroatoms. The summed E-state index contributed by atoms with van der Waals surface area (Å²) in [6.45, 7) is 0. The number of fused-ring (bicyclic) bond motifs is 1. The predicted molar refractivity (Wildman–Crippen MR) is 75.0 cm³/mol. The van der Waals surface area contributed by atoms with E-state index in [1.54, 1.807) is 0 Å². The molecular formula is C15H8O7S. The Balaban J connectivity index is 2.13. The minimum absolute atomic E-state index is 0.00626. The number of esters is 2. The van der Waals surface area contributed by atoms with E-state index in [0.29, 0.717) is 0 Å². The van der Waals surface area contributed by atoms with Gasteiger partial charge in [0.2, 0.25) is 9.84 Å². The number of ether oxygens (including phenoxy) is 1. The highest BCUT2D eigenvalue weighted by molar-refractivity contribution is 7.91. The van der Waals surface area contributed by atoms with Gasteiger partial charge in [-0.05, 0) is 36.4 Å². The lowest BCUT2D eigenvalue weighted by Crippen LogP contribution is -2.06. The van der Waals surface area contributed by atoms with Crippen LogP contribution in [0.2, 0.25) is 0 Å². The molecule has 0 amide bonds. The summed E-state index contributed by atoms with van der Waals surface area (Å²) in [6.07, 6.45) is 0. The quantitative estimate of drug-likeness (QED) is 0.669. The van der Waals surface area contributed by atoms with Gasteiger partial charge >= 0.3 is 17.9 Å². The standard InChI is InChI=1S/C15H8O7S/c16-13(17)8-2-1-3-9(6-8)23(20,21)10-4-5-11-12(7-10)15(19)22-14(11)18/h1-7H,(H,16,17). The molecule has 0 bridgehead atoms. The second-order valence-corrected chi connectivity index (χ2v) is 6.67. The van der Waals surface area contributed by atoms with Gasteiger partial charge in [0.25, 0.3) is 0 Å². The first kappa shape index (κ1) is 14.9. The Bertz CT molecular complexity index is 973. The van der Waals surface area contributed by atoms with Crippen LogP contribution in [0.4, 0.5) is 0 Å². The molecule has 0 spiro atoms. The van der Waals surface area contributed by atoms with E-state index in [1.165, 1.54) is 30.3 Å². The van der Waals surface area contributed by atoms with Gasteiger partial charge in [0.15, 0.2) is 0 Å². The Morgan fingerprint density at radius 2 is 1.57 bits per heavy atom. The average molecular weight is 332 g/mol. The normalized spacial score (nSPS) is 13.6. The van der Waals surface area contributed by atoms with E-state index in [1.807, 2.05) is 0 Å². The summed E-state index contributed by atoms with van der Waals surface area (Å²) in [4.78, 5) is 33.4. The van der Waals surface area contributed by atoms with Crippen LogP contribution in [-0.4, -0.2) is 31.4 Å². The van der Waals surface area contributed by atoms with Gasteiger partial charge in [-0.3, -0.25) is 0 Å². The number of carboxylic acid groups (broad SMARTS) is 1. The Morgan fingerprint density at radius 3 is 2.26 bits per heavy atom. The number of hydrogen-bond donors (Lipinski definition) is 1. The molecule has 0 atom stereocenters. The van der Waals surface area contributed by atoms with Gasteiger partial charge < -0.3 is 9.84 Å². The monoisotopic (exact) mass is 332 g/mol. The lowest BCUT2D eigenvalue weighted by molar-refractivity contribution is 0.0443. The van der Waals surface area contributed by atoms with Crippen LogP contribution in [0.1, 0.15) is 31.1 Å². The molecule has 2 aromatic carbocycles. The maximum atomic E-state index is 12.6. The van der Waals surface area contributed by atoms with Crippen LogP contribution in [0.15, 0.2) is 52.3 Å². The van der Waals surface area contributed by atoms with Gasteiger partial charge in [-0.25, -0.2) is 22.8 Å². The summed E-state index contributed by atoms with van der Waals surface area (Å²) < 4.78 is 29.5. The van der Waals surface area contributed by atoms with Crippen LogP contribution >= 0.6 is 0 Å². The average Bonchev–Trinajstić information content (AvgIpc) is 2.81. The number of carboxylic acids is 1. The summed E-state index contributed by atoms with van der Waals surface area (Å²) >= 11 is 0. The zero-order chi connectivity index (χ0) is 16.8. The van der Waals surface area contributed by atoms with E-state index in [0.717, 1.165) is 12.1 Å². The van der Waals surface area contributed by atoms with Gasteiger partial charge in [0, 0.05) is 0 Å². The van der Waals surface area contributed by atoms with Crippen LogP contribution in [0.3, 0.4) is 0 Å². The van der Waals surface area contributed by atoms with Crippen molar-refractivity contribution in [1.82, 2.24) is 0 Å². The molecule has 0 aromatic heterocycles. The minimum atomic E-state index is -4.04. The van der Waals surface area contributed by atoms with E-state index in [9.17, 15) is 22.8 Å². The van der Waals surface area contributed by atoms with Crippen molar-refractivity contribution >= 4 is 27.7 Å². The molecule has 116 valence electrons. The molecule has 23 heavy (non-hydrogen) atoms. The zero-order valence-corrected chi connectivity index (χ0v) is 12.2. The fourth-order valence-corrected chi connectivity index (χ4v) is 3.50. The molecule has 0 fully saturated rings. The second kappa shape index (κ2) is 5.03. The second-order valence-electron chi connectivity index (χ2n) is 4.72. The molecule has 2 aromatic rings. The number of aromatic carboxylic acids is 1. The van der Waals surface area contributed by atoms with E-state index < -0.39 is 27.7 Å². The van der Waals surface area contributed by atoms with Crippen molar-refractivity contribution in [1.29, 1.82) is 0 Å². The van der Waals surface area contributed by atoms with Crippen LogP contribution in [-0.2, 0) is 14.6 Å². The molecule has 0 aliphatic carbocycles. The first-order chi connectivity index (χ1) is 10.8. The first-order valence-electron chi connectivity index (χ1n) is 6.30. The topological polar surface area (TPSA) is 115 Å². The number of rotatable bonds is 3. The highest BCUT2D eigenvalue weighted by Crippen LogP contribution is 2.27. The van der Waals surface area contributed by atoms with E-state index in [-0.39, 0.29) is 26.5 Å². The van der Waals surface area contributed by atoms with Crippen LogP contribution < -0.4 is 0 Å². The van der Waals surface area contributed by atoms with Crippen LogP contribution in [0, 0.1) is 0 Å². The summed E-state index contributed by atoms with van der Waals surface area (Å²) in [5, 5.41) is 8.94. The molecule has 1 N–H and O–H groups in total. The van der Waals surface area contributed by atoms with Crippen LogP contribution in [0.5, 0.6) is 0 Å². The van der Waals surface area contributed by atoms with Crippen LogP contribution in [0.25, 0.3) is 0 Å². The molecular weight excluding hydrogens is 324 g/mol. The number of carbonyl (C=O) groups excluding carboxylic acids is 2. The van der Waals surface area contributed by atoms with Gasteiger partial charge in [0.05, 0.1) is 26.5 Å². The Hall–Kier alpha value is -3.00. The Kier molecular flexibility index (Phi) is 3.26. The number of benzene rings is 2. The lowest BCUT2D eigenvalue weighted by Gasteiger charge is -2.06. The Labute approximate surface area is 130 Å². The zero-order valence-electron chi connectivity index (χ0n) is 11.3. The summed E-state index contributed by atoms with van der Waals surface area (Å²) in [6, 6.07) is 8.25. The molecule has 1 aliphatic heterocycles. The molecule has 0 radical (unpaired) electrons. The van der Waals surface area contributed by atoms with Gasteiger partial charge in [-0.15, -0.1) is 0 Å². The molecule has 0 saturated carbocycles. The largest absolute Gasteiger partial charge is 0.478 e. The minimum Gasteiger partial charge on any atom is -0.478 e. The fourth-order valence-electron chi connectivity index (χ4n) is 2.16. The van der Waals surface area contributed by atoms with E-state index in [4.69, 9.17) is 5.11 Å². The molecule has 0 saturated heterocycles. The van der Waals surface area contributed by atoms with Gasteiger partial charge in [-0.2, -0.15) is 0 Å². The highest BCUT2D eigenvalue weighted by atomic mass is 32.2. The summed E-state index contributed by atoms with van der Waals surface area (Å²) in [5.41, 5.74) is -0.319. The first-order valence-corrected chi connectivity index (χ1v) is 7.78. The van der Waals surface area contributed by atoms with Crippen molar-refractivity contribution in [3.05, 3.63) is 59.2 Å². The van der Waals surface area contributed by atoms with E-state index >= 15 is 0 Å². The predicted octanol–water partition coefficient (Wildman–Crippen LogP) is 1.53. The smallest absolute Gasteiger partial charge is 0.346 e. The van der Waals surface area contributed by atoms with Crippen molar-refractivity contribution in [3.8, 4) is 0 Å². The molecule has 7 nitrogen and oxygen atoms in total. The van der Waals surface area contributed by atoms with E-state index in [2.05, 4.69) is 4.74 Å².